The molecule has 0 aliphatic carbocycles. The molecule has 0 aromatic heterocycles. The van der Waals surface area contributed by atoms with Crippen LogP contribution in [0.15, 0.2) is 42.5 Å². The Hall–Kier alpha value is -1.74. The van der Waals surface area contributed by atoms with Gasteiger partial charge >= 0.3 is 0 Å². The largest absolute Gasteiger partial charge is 0.327 e. The zero-order valence-electron chi connectivity index (χ0n) is 11.6. The van der Waals surface area contributed by atoms with Crippen LogP contribution < -0.4 is 5.73 Å². The van der Waals surface area contributed by atoms with Crippen LogP contribution in [0.2, 0.25) is 0 Å². The van der Waals surface area contributed by atoms with Crippen LogP contribution >= 0.6 is 0 Å². The van der Waals surface area contributed by atoms with E-state index in [1.54, 1.807) is 0 Å². The molecule has 0 saturated heterocycles. The van der Waals surface area contributed by atoms with Gasteiger partial charge in [-0.05, 0) is 42.0 Å². The molecule has 2 N–H and O–H groups in total. The van der Waals surface area contributed by atoms with Crippen molar-refractivity contribution in [2.45, 2.75) is 32.2 Å². The first-order valence-corrected chi connectivity index (χ1v) is 6.85. The normalized spacial score (nSPS) is 12.4. The Bertz CT molecular complexity index is 564. The van der Waals surface area contributed by atoms with Crippen molar-refractivity contribution in [3.8, 4) is 0 Å². The van der Waals surface area contributed by atoms with E-state index in [1.807, 2.05) is 0 Å². The van der Waals surface area contributed by atoms with Gasteiger partial charge in [0.2, 0.25) is 0 Å². The summed E-state index contributed by atoms with van der Waals surface area (Å²) in [7, 11) is 0. The summed E-state index contributed by atoms with van der Waals surface area (Å²) in [4.78, 5) is 0. The summed E-state index contributed by atoms with van der Waals surface area (Å²) in [5.74, 6) is -1.09. The number of rotatable bonds is 5. The van der Waals surface area contributed by atoms with E-state index in [4.69, 9.17) is 5.73 Å². The number of hydrogen-bond donors (Lipinski definition) is 1. The quantitative estimate of drug-likeness (QED) is 0.885. The van der Waals surface area contributed by atoms with Crippen LogP contribution in [-0.2, 0) is 19.3 Å². The van der Waals surface area contributed by atoms with Crippen LogP contribution in [-0.4, -0.2) is 6.04 Å². The van der Waals surface area contributed by atoms with E-state index in [1.165, 1.54) is 17.7 Å². The molecule has 0 saturated carbocycles. The molecule has 0 amide bonds. The summed E-state index contributed by atoms with van der Waals surface area (Å²) in [5.41, 5.74) is 8.94. The number of halogens is 2. The first-order chi connectivity index (χ1) is 9.58. The minimum atomic E-state index is -0.560. The summed E-state index contributed by atoms with van der Waals surface area (Å²) in [6.45, 7) is 2.11. The first-order valence-electron chi connectivity index (χ1n) is 6.85. The maximum Gasteiger partial charge on any atom is 0.129 e. The summed E-state index contributed by atoms with van der Waals surface area (Å²) < 4.78 is 26.4. The molecule has 1 unspecified atom stereocenters. The van der Waals surface area contributed by atoms with Crippen molar-refractivity contribution in [1.29, 1.82) is 0 Å². The molecule has 0 spiro atoms. The molecule has 0 aliphatic rings. The van der Waals surface area contributed by atoms with E-state index >= 15 is 0 Å². The molecule has 2 aromatic carbocycles. The molecule has 0 radical (unpaired) electrons. The van der Waals surface area contributed by atoms with E-state index in [0.29, 0.717) is 18.4 Å². The van der Waals surface area contributed by atoms with Crippen LogP contribution in [0.1, 0.15) is 23.6 Å². The summed E-state index contributed by atoms with van der Waals surface area (Å²) in [6, 6.07) is 11.7. The number of aryl methyl sites for hydroxylation is 1. The van der Waals surface area contributed by atoms with Gasteiger partial charge in [-0.25, -0.2) is 8.78 Å². The van der Waals surface area contributed by atoms with Crippen molar-refractivity contribution >= 4 is 0 Å². The van der Waals surface area contributed by atoms with Gasteiger partial charge in [0.1, 0.15) is 11.6 Å². The maximum atomic E-state index is 13.6. The van der Waals surface area contributed by atoms with Crippen molar-refractivity contribution in [1.82, 2.24) is 0 Å². The van der Waals surface area contributed by atoms with Gasteiger partial charge in [-0.15, -0.1) is 0 Å². The molecule has 20 heavy (non-hydrogen) atoms. The lowest BCUT2D eigenvalue weighted by molar-refractivity contribution is 0.558. The standard InChI is InChI=1S/C17H19F2N/c1-2-12-3-5-13(6-4-12)9-16(20)10-14-7-8-15(18)11-17(14)19/h3-8,11,16H,2,9-10,20H2,1H3. The second-order valence-corrected chi connectivity index (χ2v) is 5.07. The van der Waals surface area contributed by atoms with Gasteiger partial charge in [-0.1, -0.05) is 37.3 Å². The van der Waals surface area contributed by atoms with Crippen LogP contribution in [0.25, 0.3) is 0 Å². The molecule has 2 aromatic rings. The van der Waals surface area contributed by atoms with Crippen LogP contribution in [0.4, 0.5) is 8.78 Å². The van der Waals surface area contributed by atoms with Crippen LogP contribution in [0.3, 0.4) is 0 Å². The monoisotopic (exact) mass is 275 g/mol. The smallest absolute Gasteiger partial charge is 0.129 e. The van der Waals surface area contributed by atoms with Gasteiger partial charge in [0.15, 0.2) is 0 Å². The Morgan fingerprint density at radius 2 is 1.60 bits per heavy atom. The van der Waals surface area contributed by atoms with Crippen LogP contribution in [0.5, 0.6) is 0 Å². The molecule has 2 rings (SSSR count). The van der Waals surface area contributed by atoms with Crippen molar-refractivity contribution in [2.24, 2.45) is 5.73 Å². The summed E-state index contributed by atoms with van der Waals surface area (Å²) in [6.07, 6.45) is 2.09. The third-order valence-electron chi connectivity index (χ3n) is 3.43. The highest BCUT2D eigenvalue weighted by Crippen LogP contribution is 2.14. The van der Waals surface area contributed by atoms with E-state index in [-0.39, 0.29) is 6.04 Å². The molecular weight excluding hydrogens is 256 g/mol. The Balaban J connectivity index is 1.99. The van der Waals surface area contributed by atoms with Gasteiger partial charge in [-0.3, -0.25) is 0 Å². The fourth-order valence-corrected chi connectivity index (χ4v) is 2.26. The minimum absolute atomic E-state index is 0.178. The molecular formula is C17H19F2N. The Kier molecular flexibility index (Phi) is 4.85. The Morgan fingerprint density at radius 1 is 0.950 bits per heavy atom. The van der Waals surface area contributed by atoms with Gasteiger partial charge in [0.25, 0.3) is 0 Å². The van der Waals surface area contributed by atoms with E-state index in [2.05, 4.69) is 31.2 Å². The average Bonchev–Trinajstić information content (AvgIpc) is 2.43. The zero-order valence-corrected chi connectivity index (χ0v) is 11.6. The highest BCUT2D eigenvalue weighted by Gasteiger charge is 2.10. The van der Waals surface area contributed by atoms with Crippen LogP contribution in [0, 0.1) is 11.6 Å². The van der Waals surface area contributed by atoms with E-state index < -0.39 is 11.6 Å². The lowest BCUT2D eigenvalue weighted by Crippen LogP contribution is -2.26. The fourth-order valence-electron chi connectivity index (χ4n) is 2.26. The lowest BCUT2D eigenvalue weighted by atomic mass is 9.98. The summed E-state index contributed by atoms with van der Waals surface area (Å²) in [5, 5.41) is 0. The third-order valence-corrected chi connectivity index (χ3v) is 3.43. The fraction of sp³-hybridized carbons (Fsp3) is 0.294. The molecule has 1 nitrogen and oxygen atoms in total. The molecule has 0 aliphatic heterocycles. The second kappa shape index (κ2) is 6.62. The number of benzene rings is 2. The minimum Gasteiger partial charge on any atom is -0.327 e. The third kappa shape index (κ3) is 3.87. The Labute approximate surface area is 118 Å². The van der Waals surface area contributed by atoms with E-state index in [0.717, 1.165) is 18.1 Å². The highest BCUT2D eigenvalue weighted by molar-refractivity contribution is 5.24. The topological polar surface area (TPSA) is 26.0 Å². The molecule has 1 atom stereocenters. The number of nitrogens with two attached hydrogens (primary N) is 1. The summed E-state index contributed by atoms with van der Waals surface area (Å²) >= 11 is 0. The van der Waals surface area contributed by atoms with Crippen molar-refractivity contribution in [3.63, 3.8) is 0 Å². The van der Waals surface area contributed by atoms with Gasteiger partial charge in [0.05, 0.1) is 0 Å². The highest BCUT2D eigenvalue weighted by atomic mass is 19.1. The number of hydrogen-bond acceptors (Lipinski definition) is 1. The molecule has 106 valence electrons. The van der Waals surface area contributed by atoms with Gasteiger partial charge in [0, 0.05) is 12.1 Å². The van der Waals surface area contributed by atoms with Crippen molar-refractivity contribution in [2.75, 3.05) is 0 Å². The predicted molar refractivity (Wildman–Crippen MR) is 77.6 cm³/mol. The Morgan fingerprint density at radius 3 is 2.20 bits per heavy atom. The van der Waals surface area contributed by atoms with E-state index in [9.17, 15) is 8.78 Å². The lowest BCUT2D eigenvalue weighted by Gasteiger charge is -2.13. The zero-order chi connectivity index (χ0) is 14.5. The molecule has 0 bridgehead atoms. The van der Waals surface area contributed by atoms with Gasteiger partial charge in [-0.2, -0.15) is 0 Å². The average molecular weight is 275 g/mol. The van der Waals surface area contributed by atoms with Crippen molar-refractivity contribution < 1.29 is 8.78 Å². The van der Waals surface area contributed by atoms with Crippen molar-refractivity contribution in [3.05, 3.63) is 70.8 Å². The molecule has 0 heterocycles. The van der Waals surface area contributed by atoms with Gasteiger partial charge < -0.3 is 5.73 Å². The molecule has 3 heteroatoms. The predicted octanol–water partition coefficient (Wildman–Crippen LogP) is 3.64. The first kappa shape index (κ1) is 14.7. The SMILES string of the molecule is CCc1ccc(CC(N)Cc2ccc(F)cc2F)cc1. The molecule has 0 fully saturated rings. The second-order valence-electron chi connectivity index (χ2n) is 5.07. The maximum absolute atomic E-state index is 13.6.